The molecule has 2 aromatic rings. The van der Waals surface area contributed by atoms with E-state index < -0.39 is 80.0 Å². The molecule has 3 rings (SSSR count). The average Bonchev–Trinajstić information content (AvgIpc) is 3.09. The Morgan fingerprint density at radius 2 is 1.89 bits per heavy atom. The number of pyridine rings is 1. The van der Waals surface area contributed by atoms with Crippen molar-refractivity contribution >= 4 is 21.4 Å². The number of ether oxygens (including phenoxy) is 2. The number of halogens is 7. The predicted octanol–water partition coefficient (Wildman–Crippen LogP) is 4.83. The Morgan fingerprint density at radius 3 is 2.46 bits per heavy atom. The third kappa shape index (κ3) is 5.37. The number of anilines is 1. The highest BCUT2D eigenvalue weighted by atomic mass is 32.2. The summed E-state index contributed by atoms with van der Waals surface area (Å²) in [6.45, 7) is -0.676. The number of benzene rings is 1. The summed E-state index contributed by atoms with van der Waals surface area (Å²) in [5.41, 5.74) is -3.83. The van der Waals surface area contributed by atoms with Gasteiger partial charge in [0.05, 0.1) is 5.75 Å². The predicted molar refractivity (Wildman–Crippen MR) is 115 cm³/mol. The maximum atomic E-state index is 14.4. The van der Waals surface area contributed by atoms with E-state index in [4.69, 9.17) is 4.74 Å². The van der Waals surface area contributed by atoms with Crippen molar-refractivity contribution in [1.82, 2.24) is 4.98 Å². The fourth-order valence-electron chi connectivity index (χ4n) is 4.06. The molecule has 1 aromatic carbocycles. The summed E-state index contributed by atoms with van der Waals surface area (Å²) in [7, 11) is -3.81. The van der Waals surface area contributed by atoms with Gasteiger partial charge in [-0.25, -0.2) is 17.8 Å². The second-order valence-electron chi connectivity index (χ2n) is 8.39. The van der Waals surface area contributed by atoms with Crippen molar-refractivity contribution in [3.63, 3.8) is 0 Å². The number of carbonyl (C=O) groups excluding carboxylic acids is 1. The van der Waals surface area contributed by atoms with Crippen LogP contribution in [0.4, 0.5) is 36.4 Å². The summed E-state index contributed by atoms with van der Waals surface area (Å²) < 4.78 is 130. The standard InChI is InChI=1S/C22H21F7N2O5S/c1-4-37(33,34)14-9-11(7-8-30-14)31-19(32)18-15(10(2)21(3,36-18)22(27,28)29)12-5-6-13(23)16(24)17(12)35-20(25)26/h5-10,15,18,20H,4H2,1-3H3,(H,30,31,32)/t10-,15-,18+,21+/m1/s1. The SMILES string of the molecule is CCS(=O)(=O)c1cc(NC(=O)[C@H]2O[C@](C)(C(F)(F)F)[C@H](C)[C@@H]2c2ccc(F)c(F)c2OC(F)F)ccn1. The Balaban J connectivity index is 2.10. The first-order valence-corrected chi connectivity index (χ1v) is 12.4. The van der Waals surface area contributed by atoms with Crippen molar-refractivity contribution < 1.29 is 53.4 Å². The van der Waals surface area contributed by atoms with Crippen LogP contribution in [0.2, 0.25) is 0 Å². The van der Waals surface area contributed by atoms with Crippen molar-refractivity contribution in [3.05, 3.63) is 47.7 Å². The highest BCUT2D eigenvalue weighted by Crippen LogP contribution is 2.55. The summed E-state index contributed by atoms with van der Waals surface area (Å²) in [6, 6.07) is 3.36. The second kappa shape index (κ2) is 10.1. The van der Waals surface area contributed by atoms with Crippen molar-refractivity contribution in [2.45, 2.75) is 56.2 Å². The largest absolute Gasteiger partial charge is 0.431 e. The number of carbonyl (C=O) groups is 1. The van der Waals surface area contributed by atoms with Crippen LogP contribution < -0.4 is 10.1 Å². The molecule has 2 heterocycles. The van der Waals surface area contributed by atoms with Gasteiger partial charge in [-0.1, -0.05) is 19.9 Å². The maximum absolute atomic E-state index is 14.4. The first-order chi connectivity index (χ1) is 17.0. The highest BCUT2D eigenvalue weighted by Gasteiger charge is 2.66. The normalized spacial score (nSPS) is 24.4. The van der Waals surface area contributed by atoms with Crippen molar-refractivity contribution in [2.24, 2.45) is 5.92 Å². The number of amides is 1. The van der Waals surface area contributed by atoms with E-state index in [2.05, 4.69) is 15.0 Å². The minimum atomic E-state index is -5.07. The molecular formula is C22H21F7N2O5S. The average molecular weight is 558 g/mol. The number of nitrogens with zero attached hydrogens (tertiary/aromatic N) is 1. The smallest absolute Gasteiger partial charge is 0.417 e. The quantitative estimate of drug-likeness (QED) is 0.490. The molecule has 1 aliphatic rings. The summed E-state index contributed by atoms with van der Waals surface area (Å²) in [6.07, 6.45) is -6.09. The molecule has 0 spiro atoms. The van der Waals surface area contributed by atoms with Crippen molar-refractivity contribution in [2.75, 3.05) is 11.1 Å². The molecule has 0 unspecified atom stereocenters. The Labute approximate surface area is 206 Å². The van der Waals surface area contributed by atoms with Crippen LogP contribution in [0.3, 0.4) is 0 Å². The fraction of sp³-hybridized carbons (Fsp3) is 0.455. The van der Waals surface area contributed by atoms with Gasteiger partial charge in [0.25, 0.3) is 5.91 Å². The molecule has 37 heavy (non-hydrogen) atoms. The molecule has 204 valence electrons. The highest BCUT2D eigenvalue weighted by molar-refractivity contribution is 7.91. The van der Waals surface area contributed by atoms with E-state index in [0.29, 0.717) is 13.0 Å². The Morgan fingerprint density at radius 1 is 1.24 bits per heavy atom. The number of sulfone groups is 1. The number of nitrogens with one attached hydrogen (secondary N) is 1. The molecule has 1 aliphatic heterocycles. The molecule has 0 aliphatic carbocycles. The van der Waals surface area contributed by atoms with Gasteiger partial charge in [-0.3, -0.25) is 4.79 Å². The molecule has 1 fully saturated rings. The van der Waals surface area contributed by atoms with E-state index in [0.717, 1.165) is 31.3 Å². The topological polar surface area (TPSA) is 94.6 Å². The van der Waals surface area contributed by atoms with Crippen LogP contribution in [0.25, 0.3) is 0 Å². The zero-order valence-electron chi connectivity index (χ0n) is 19.4. The van der Waals surface area contributed by atoms with Crippen molar-refractivity contribution in [3.8, 4) is 5.75 Å². The van der Waals surface area contributed by atoms with E-state index in [1.54, 1.807) is 0 Å². The third-order valence-corrected chi connectivity index (χ3v) is 7.90. The summed E-state index contributed by atoms with van der Waals surface area (Å²) in [5.74, 6) is -9.82. The van der Waals surface area contributed by atoms with Gasteiger partial charge >= 0.3 is 12.8 Å². The van der Waals surface area contributed by atoms with Gasteiger partial charge < -0.3 is 14.8 Å². The van der Waals surface area contributed by atoms with Crippen LogP contribution >= 0.6 is 0 Å². The lowest BCUT2D eigenvalue weighted by Gasteiger charge is -2.32. The lowest BCUT2D eigenvalue weighted by molar-refractivity contribution is -0.272. The van der Waals surface area contributed by atoms with Crippen molar-refractivity contribution in [1.29, 1.82) is 0 Å². The second-order valence-corrected chi connectivity index (χ2v) is 10.6. The minimum Gasteiger partial charge on any atom is -0.431 e. The van der Waals surface area contributed by atoms with Crippen LogP contribution in [0.1, 0.15) is 32.3 Å². The number of hydrogen-bond acceptors (Lipinski definition) is 6. The van der Waals surface area contributed by atoms with Crippen LogP contribution in [0.5, 0.6) is 5.75 Å². The fourth-order valence-corrected chi connectivity index (χ4v) is 4.88. The first-order valence-electron chi connectivity index (χ1n) is 10.7. The van der Waals surface area contributed by atoms with Crippen LogP contribution in [0.15, 0.2) is 35.5 Å². The van der Waals surface area contributed by atoms with Crippen LogP contribution in [-0.2, 0) is 19.4 Å². The lowest BCUT2D eigenvalue weighted by Crippen LogP contribution is -2.47. The Kier molecular flexibility index (Phi) is 7.80. The molecule has 4 atom stereocenters. The number of alkyl halides is 5. The van der Waals surface area contributed by atoms with E-state index in [1.807, 2.05) is 0 Å². The van der Waals surface area contributed by atoms with Gasteiger partial charge in [0.1, 0.15) is 6.10 Å². The molecular weight excluding hydrogens is 537 g/mol. The molecule has 1 aromatic heterocycles. The molecule has 0 bridgehead atoms. The van der Waals surface area contributed by atoms with Gasteiger partial charge in [-0.2, -0.15) is 26.3 Å². The number of hydrogen-bond donors (Lipinski definition) is 1. The zero-order valence-corrected chi connectivity index (χ0v) is 20.3. The third-order valence-electron chi connectivity index (χ3n) is 6.27. The number of rotatable bonds is 7. The summed E-state index contributed by atoms with van der Waals surface area (Å²) in [4.78, 5) is 16.8. The molecule has 15 heteroatoms. The maximum Gasteiger partial charge on any atom is 0.417 e. The first kappa shape index (κ1) is 28.6. The van der Waals surface area contributed by atoms with Gasteiger partial charge in [0.15, 0.2) is 32.0 Å². The van der Waals surface area contributed by atoms with Gasteiger partial charge in [-0.15, -0.1) is 0 Å². The molecule has 0 radical (unpaired) electrons. The van der Waals surface area contributed by atoms with Gasteiger partial charge in [0.2, 0.25) is 5.82 Å². The monoisotopic (exact) mass is 558 g/mol. The van der Waals surface area contributed by atoms with E-state index in [1.165, 1.54) is 6.92 Å². The molecule has 1 saturated heterocycles. The zero-order chi connectivity index (χ0) is 27.9. The van der Waals surface area contributed by atoms with Gasteiger partial charge in [0, 0.05) is 29.3 Å². The molecule has 0 saturated carbocycles. The van der Waals surface area contributed by atoms with Gasteiger partial charge in [-0.05, 0) is 25.1 Å². The van der Waals surface area contributed by atoms with E-state index in [9.17, 15) is 43.9 Å². The minimum absolute atomic E-state index is 0.169. The van der Waals surface area contributed by atoms with E-state index in [-0.39, 0.29) is 11.4 Å². The van der Waals surface area contributed by atoms with Crippen LogP contribution in [0, 0.1) is 17.6 Å². The molecule has 1 N–H and O–H groups in total. The summed E-state index contributed by atoms with van der Waals surface area (Å²) >= 11 is 0. The Bertz CT molecular complexity index is 1290. The summed E-state index contributed by atoms with van der Waals surface area (Å²) in [5, 5.41) is 1.81. The van der Waals surface area contributed by atoms with E-state index >= 15 is 0 Å². The number of aromatic nitrogens is 1. The molecule has 7 nitrogen and oxygen atoms in total. The van der Waals surface area contributed by atoms with Crippen LogP contribution in [-0.4, -0.2) is 49.6 Å². The molecule has 1 amide bonds. The Hall–Kier alpha value is -2.94. The lowest BCUT2D eigenvalue weighted by atomic mass is 9.77.